The van der Waals surface area contributed by atoms with Crippen LogP contribution in [0.1, 0.15) is 5.56 Å². The fourth-order valence-corrected chi connectivity index (χ4v) is 1.56. The SMILES string of the molecule is Cc1cc(N)c(Cl)cc1NC(CO)(CO)CO. The largest absolute Gasteiger partial charge is 0.398 e. The fraction of sp³-hybridized carbons (Fsp3) is 0.455. The number of halogens is 1. The van der Waals surface area contributed by atoms with Crippen LogP contribution in [0.15, 0.2) is 12.1 Å². The van der Waals surface area contributed by atoms with E-state index in [1.54, 1.807) is 12.1 Å². The maximum absolute atomic E-state index is 9.21. The van der Waals surface area contributed by atoms with Gasteiger partial charge in [0, 0.05) is 5.69 Å². The molecule has 96 valence electrons. The highest BCUT2D eigenvalue weighted by Crippen LogP contribution is 2.28. The first kappa shape index (κ1) is 14.1. The molecule has 6 heteroatoms. The Morgan fingerprint density at radius 3 is 2.24 bits per heavy atom. The number of rotatable bonds is 5. The summed E-state index contributed by atoms with van der Waals surface area (Å²) in [6.45, 7) is 0.607. The van der Waals surface area contributed by atoms with Crippen LogP contribution >= 0.6 is 11.6 Å². The Labute approximate surface area is 105 Å². The van der Waals surface area contributed by atoms with Crippen molar-refractivity contribution in [2.45, 2.75) is 12.5 Å². The van der Waals surface area contributed by atoms with Crippen molar-refractivity contribution in [1.29, 1.82) is 0 Å². The Morgan fingerprint density at radius 2 is 1.76 bits per heavy atom. The van der Waals surface area contributed by atoms with Gasteiger partial charge in [0.1, 0.15) is 5.54 Å². The van der Waals surface area contributed by atoms with Crippen LogP contribution in [-0.2, 0) is 0 Å². The average Bonchev–Trinajstić information content (AvgIpc) is 2.33. The second-order valence-corrected chi connectivity index (χ2v) is 4.48. The monoisotopic (exact) mass is 260 g/mol. The molecule has 0 bridgehead atoms. The van der Waals surface area contributed by atoms with E-state index >= 15 is 0 Å². The Bertz CT molecular complexity index is 386. The quantitative estimate of drug-likeness (QED) is 0.493. The van der Waals surface area contributed by atoms with Gasteiger partial charge in [0.25, 0.3) is 0 Å². The summed E-state index contributed by atoms with van der Waals surface area (Å²) in [4.78, 5) is 0. The third-order valence-electron chi connectivity index (χ3n) is 2.65. The first-order chi connectivity index (χ1) is 7.98. The van der Waals surface area contributed by atoms with Crippen molar-refractivity contribution in [3.05, 3.63) is 22.7 Å². The summed E-state index contributed by atoms with van der Waals surface area (Å²) in [5.74, 6) is 0. The number of nitrogen functional groups attached to an aromatic ring is 1. The minimum atomic E-state index is -1.18. The number of benzene rings is 1. The lowest BCUT2D eigenvalue weighted by Gasteiger charge is -2.30. The van der Waals surface area contributed by atoms with E-state index in [1.165, 1.54) is 0 Å². The second-order valence-electron chi connectivity index (χ2n) is 4.07. The number of nitrogens with one attached hydrogen (secondary N) is 1. The van der Waals surface area contributed by atoms with Gasteiger partial charge in [-0.25, -0.2) is 0 Å². The van der Waals surface area contributed by atoms with Crippen molar-refractivity contribution in [3.8, 4) is 0 Å². The number of aliphatic hydroxyl groups is 3. The first-order valence-electron chi connectivity index (χ1n) is 5.14. The van der Waals surface area contributed by atoms with Crippen molar-refractivity contribution in [2.75, 3.05) is 30.9 Å². The molecule has 0 radical (unpaired) electrons. The van der Waals surface area contributed by atoms with Gasteiger partial charge >= 0.3 is 0 Å². The van der Waals surface area contributed by atoms with Crippen molar-refractivity contribution in [1.82, 2.24) is 0 Å². The summed E-state index contributed by atoms with van der Waals surface area (Å²) in [6, 6.07) is 3.28. The van der Waals surface area contributed by atoms with Crippen LogP contribution in [0.2, 0.25) is 5.02 Å². The summed E-state index contributed by atoms with van der Waals surface area (Å²) in [6.07, 6.45) is 0. The standard InChI is InChI=1S/C11H17ClN2O3/c1-7-2-9(13)8(12)3-10(7)14-11(4-15,5-16)6-17/h2-3,14-17H,4-6,13H2,1H3. The Kier molecular flexibility index (Phi) is 4.59. The highest BCUT2D eigenvalue weighted by Gasteiger charge is 2.28. The van der Waals surface area contributed by atoms with E-state index in [-0.39, 0.29) is 0 Å². The van der Waals surface area contributed by atoms with Crippen LogP contribution in [-0.4, -0.2) is 40.7 Å². The molecule has 0 aliphatic carbocycles. The molecular formula is C11H17ClN2O3. The van der Waals surface area contributed by atoms with Gasteiger partial charge in [-0.3, -0.25) is 0 Å². The minimum Gasteiger partial charge on any atom is -0.398 e. The van der Waals surface area contributed by atoms with E-state index in [4.69, 9.17) is 17.3 Å². The van der Waals surface area contributed by atoms with E-state index in [1.807, 2.05) is 6.92 Å². The number of hydrogen-bond acceptors (Lipinski definition) is 5. The Hall–Kier alpha value is -1.01. The van der Waals surface area contributed by atoms with E-state index in [9.17, 15) is 15.3 Å². The molecule has 0 spiro atoms. The van der Waals surface area contributed by atoms with Crippen molar-refractivity contribution in [2.24, 2.45) is 0 Å². The predicted octanol–water partition coefficient (Wildman–Crippen LogP) is 0.358. The molecule has 0 saturated carbocycles. The predicted molar refractivity (Wildman–Crippen MR) is 68.2 cm³/mol. The molecule has 1 rings (SSSR count). The van der Waals surface area contributed by atoms with E-state index in [2.05, 4.69) is 5.32 Å². The van der Waals surface area contributed by atoms with Gasteiger partial charge in [-0.05, 0) is 24.6 Å². The zero-order valence-electron chi connectivity index (χ0n) is 9.57. The molecule has 0 fully saturated rings. The number of aryl methyl sites for hydroxylation is 1. The second kappa shape index (κ2) is 5.55. The lowest BCUT2D eigenvalue weighted by atomic mass is 10.0. The lowest BCUT2D eigenvalue weighted by molar-refractivity contribution is 0.0833. The molecule has 0 unspecified atom stereocenters. The van der Waals surface area contributed by atoms with Crippen molar-refractivity contribution < 1.29 is 15.3 Å². The number of nitrogens with two attached hydrogens (primary N) is 1. The highest BCUT2D eigenvalue weighted by atomic mass is 35.5. The molecule has 5 nitrogen and oxygen atoms in total. The molecule has 0 aromatic heterocycles. The molecule has 17 heavy (non-hydrogen) atoms. The van der Waals surface area contributed by atoms with Gasteiger partial charge in [0.2, 0.25) is 0 Å². The maximum Gasteiger partial charge on any atom is 0.107 e. The molecular weight excluding hydrogens is 244 g/mol. The molecule has 0 heterocycles. The van der Waals surface area contributed by atoms with E-state index in [0.29, 0.717) is 16.4 Å². The molecule has 0 aliphatic heterocycles. The molecule has 0 atom stereocenters. The number of hydrogen-bond donors (Lipinski definition) is 5. The van der Waals surface area contributed by atoms with Gasteiger partial charge in [0.05, 0.1) is 30.5 Å². The molecule has 0 saturated heterocycles. The van der Waals surface area contributed by atoms with Crippen LogP contribution < -0.4 is 11.1 Å². The van der Waals surface area contributed by atoms with Gasteiger partial charge in [0.15, 0.2) is 0 Å². The van der Waals surface area contributed by atoms with Crippen LogP contribution in [0.4, 0.5) is 11.4 Å². The summed E-state index contributed by atoms with van der Waals surface area (Å²) in [5.41, 5.74) is 6.35. The van der Waals surface area contributed by atoms with Gasteiger partial charge < -0.3 is 26.4 Å². The Morgan fingerprint density at radius 1 is 1.24 bits per heavy atom. The first-order valence-corrected chi connectivity index (χ1v) is 5.52. The van der Waals surface area contributed by atoms with Gasteiger partial charge in [-0.2, -0.15) is 0 Å². The Balaban J connectivity index is 3.05. The van der Waals surface area contributed by atoms with Crippen LogP contribution in [0, 0.1) is 6.92 Å². The van der Waals surface area contributed by atoms with Crippen LogP contribution in [0.3, 0.4) is 0 Å². The smallest absolute Gasteiger partial charge is 0.107 e. The summed E-state index contributed by atoms with van der Waals surface area (Å²) in [5, 5.41) is 30.9. The summed E-state index contributed by atoms with van der Waals surface area (Å²) < 4.78 is 0. The molecule has 0 amide bonds. The van der Waals surface area contributed by atoms with Crippen molar-refractivity contribution in [3.63, 3.8) is 0 Å². The molecule has 1 aromatic carbocycles. The molecule has 1 aromatic rings. The summed E-state index contributed by atoms with van der Waals surface area (Å²) in [7, 11) is 0. The lowest BCUT2D eigenvalue weighted by Crippen LogP contribution is -2.49. The third kappa shape index (κ3) is 3.01. The number of aliphatic hydroxyl groups excluding tert-OH is 3. The zero-order chi connectivity index (χ0) is 13.1. The highest BCUT2D eigenvalue weighted by molar-refractivity contribution is 6.33. The topological polar surface area (TPSA) is 98.7 Å². The third-order valence-corrected chi connectivity index (χ3v) is 2.98. The van der Waals surface area contributed by atoms with E-state index < -0.39 is 25.4 Å². The van der Waals surface area contributed by atoms with Crippen LogP contribution in [0.5, 0.6) is 0 Å². The maximum atomic E-state index is 9.21. The zero-order valence-corrected chi connectivity index (χ0v) is 10.3. The fourth-order valence-electron chi connectivity index (χ4n) is 1.39. The van der Waals surface area contributed by atoms with Crippen LogP contribution in [0.25, 0.3) is 0 Å². The number of anilines is 2. The average molecular weight is 261 g/mol. The van der Waals surface area contributed by atoms with Gasteiger partial charge in [-0.1, -0.05) is 11.6 Å². The molecule has 0 aliphatic rings. The van der Waals surface area contributed by atoms with Crippen molar-refractivity contribution >= 4 is 23.0 Å². The minimum absolute atomic E-state index is 0.376. The van der Waals surface area contributed by atoms with Gasteiger partial charge in [-0.15, -0.1) is 0 Å². The molecule has 6 N–H and O–H groups in total. The van der Waals surface area contributed by atoms with E-state index in [0.717, 1.165) is 5.56 Å². The summed E-state index contributed by atoms with van der Waals surface area (Å²) >= 11 is 5.89. The normalized spacial score (nSPS) is 11.6.